The lowest BCUT2D eigenvalue weighted by Gasteiger charge is -2.19. The molecule has 0 spiro atoms. The summed E-state index contributed by atoms with van der Waals surface area (Å²) < 4.78 is 1.47. The van der Waals surface area contributed by atoms with Crippen LogP contribution in [-0.2, 0) is 13.1 Å². The van der Waals surface area contributed by atoms with Gasteiger partial charge < -0.3 is 0 Å². The number of carbonyl (C=O) groups is 5. The lowest BCUT2D eigenvalue weighted by molar-refractivity contribution is 0.0626. The molecule has 4 amide bonds. The van der Waals surface area contributed by atoms with Crippen molar-refractivity contribution in [3.63, 3.8) is 0 Å². The van der Waals surface area contributed by atoms with Crippen LogP contribution < -0.4 is 0 Å². The Morgan fingerprint density at radius 1 is 0.578 bits per heavy atom. The van der Waals surface area contributed by atoms with Gasteiger partial charge in [-0.1, -0.05) is 59.6 Å². The zero-order chi connectivity index (χ0) is 31.4. The fourth-order valence-corrected chi connectivity index (χ4v) is 5.95. The van der Waals surface area contributed by atoms with Crippen molar-refractivity contribution in [1.29, 1.82) is 0 Å². The molecule has 0 fully saturated rings. The van der Waals surface area contributed by atoms with E-state index in [9.17, 15) is 24.0 Å². The summed E-state index contributed by atoms with van der Waals surface area (Å²) in [5.41, 5.74) is 1.57. The average molecular weight is 636 g/mol. The van der Waals surface area contributed by atoms with Crippen molar-refractivity contribution in [3.8, 4) is 5.69 Å². The standard InChI is InChI=1S/C33H19Cl2N5O5/c34-18-13-14-26(24(15-18)29(41)23-11-5-6-12-25(23)35)40-27(16-38-30(42)19-7-1-2-8-20(19)31(38)43)36-37-28(40)17-39-32(44)21-9-3-4-10-22(21)33(39)45/h1-15H,16-17H2. The normalized spacial score (nSPS) is 13.9. The Bertz CT molecular complexity index is 1960. The SMILES string of the molecule is O=C(c1ccccc1Cl)c1cc(Cl)ccc1-n1c(CN2C(=O)c3ccccc3C2=O)nnc1CN1C(=O)c2ccccc2C1=O. The Hall–Kier alpha value is -5.45. The molecule has 7 rings (SSSR count). The number of ketones is 1. The first kappa shape index (κ1) is 28.3. The first-order valence-electron chi connectivity index (χ1n) is 13.7. The van der Waals surface area contributed by atoms with Gasteiger partial charge in [0.15, 0.2) is 17.4 Å². The van der Waals surface area contributed by atoms with Gasteiger partial charge in [0, 0.05) is 16.1 Å². The smallest absolute Gasteiger partial charge is 0.261 e. The summed E-state index contributed by atoms with van der Waals surface area (Å²) in [6, 6.07) is 24.0. The molecular formula is C33H19Cl2N5O5. The molecule has 45 heavy (non-hydrogen) atoms. The highest BCUT2D eigenvalue weighted by Gasteiger charge is 2.39. The van der Waals surface area contributed by atoms with Crippen LogP contribution in [0.15, 0.2) is 91.0 Å². The molecule has 3 heterocycles. The van der Waals surface area contributed by atoms with E-state index in [0.29, 0.717) is 0 Å². The van der Waals surface area contributed by atoms with Crippen LogP contribution in [0.4, 0.5) is 0 Å². The zero-order valence-electron chi connectivity index (χ0n) is 23.1. The number of nitrogens with zero attached hydrogens (tertiary/aromatic N) is 5. The van der Waals surface area contributed by atoms with Crippen LogP contribution in [-0.4, -0.2) is 54.0 Å². The number of hydrogen-bond acceptors (Lipinski definition) is 7. The Morgan fingerprint density at radius 3 is 1.49 bits per heavy atom. The monoisotopic (exact) mass is 635 g/mol. The molecule has 0 aliphatic carbocycles. The van der Waals surface area contributed by atoms with Gasteiger partial charge in [0.05, 0.1) is 46.1 Å². The molecular weight excluding hydrogens is 617 g/mol. The Balaban J connectivity index is 1.36. The van der Waals surface area contributed by atoms with E-state index in [1.807, 2.05) is 0 Å². The number of rotatable bonds is 7. The number of halogens is 2. The topological polar surface area (TPSA) is 123 Å². The zero-order valence-corrected chi connectivity index (χ0v) is 24.6. The largest absolute Gasteiger partial charge is 0.288 e. The number of carbonyl (C=O) groups excluding carboxylic acids is 5. The van der Waals surface area contributed by atoms with Gasteiger partial charge in [-0.2, -0.15) is 0 Å². The summed E-state index contributed by atoms with van der Waals surface area (Å²) in [5.74, 6) is -2.33. The summed E-state index contributed by atoms with van der Waals surface area (Å²) in [5, 5.41) is 9.05. The van der Waals surface area contributed by atoms with Crippen molar-refractivity contribution < 1.29 is 24.0 Å². The van der Waals surface area contributed by atoms with Crippen molar-refractivity contribution in [2.24, 2.45) is 0 Å². The highest BCUT2D eigenvalue weighted by atomic mass is 35.5. The third-order valence-corrected chi connectivity index (χ3v) is 8.28. The Morgan fingerprint density at radius 2 is 1.02 bits per heavy atom. The molecule has 10 nitrogen and oxygen atoms in total. The molecule has 0 unspecified atom stereocenters. The van der Waals surface area contributed by atoms with E-state index in [1.165, 1.54) is 10.6 Å². The van der Waals surface area contributed by atoms with Gasteiger partial charge in [0.2, 0.25) is 0 Å². The number of amides is 4. The highest BCUT2D eigenvalue weighted by Crippen LogP contribution is 2.31. The molecule has 1 aromatic heterocycles. The first-order valence-corrected chi connectivity index (χ1v) is 14.4. The third-order valence-electron chi connectivity index (χ3n) is 7.72. The highest BCUT2D eigenvalue weighted by molar-refractivity contribution is 6.35. The maximum atomic E-state index is 13.9. The molecule has 0 bridgehead atoms. The van der Waals surface area contributed by atoms with E-state index in [-0.39, 0.29) is 73.9 Å². The van der Waals surface area contributed by atoms with Crippen molar-refractivity contribution in [2.75, 3.05) is 0 Å². The number of imide groups is 2. The molecule has 0 saturated heterocycles. The van der Waals surface area contributed by atoms with Crippen LogP contribution in [0.25, 0.3) is 5.69 Å². The molecule has 220 valence electrons. The first-order chi connectivity index (χ1) is 21.7. The van der Waals surface area contributed by atoms with Crippen molar-refractivity contribution in [1.82, 2.24) is 24.6 Å². The molecule has 4 aromatic carbocycles. The molecule has 12 heteroatoms. The van der Waals surface area contributed by atoms with Gasteiger partial charge in [-0.15, -0.1) is 10.2 Å². The summed E-state index contributed by atoms with van der Waals surface area (Å²) in [4.78, 5) is 69.0. The van der Waals surface area contributed by atoms with Gasteiger partial charge in [-0.05, 0) is 54.6 Å². The third kappa shape index (κ3) is 4.62. The maximum Gasteiger partial charge on any atom is 0.261 e. The maximum absolute atomic E-state index is 13.9. The van der Waals surface area contributed by atoms with E-state index in [4.69, 9.17) is 23.2 Å². The minimum Gasteiger partial charge on any atom is -0.288 e. The lowest BCUT2D eigenvalue weighted by Crippen LogP contribution is -2.32. The summed E-state index contributed by atoms with van der Waals surface area (Å²) >= 11 is 12.7. The van der Waals surface area contributed by atoms with E-state index in [0.717, 1.165) is 9.80 Å². The number of fused-ring (bicyclic) bond motifs is 2. The Kier molecular flexibility index (Phi) is 6.87. The van der Waals surface area contributed by atoms with E-state index < -0.39 is 29.4 Å². The van der Waals surface area contributed by atoms with Crippen molar-refractivity contribution in [3.05, 3.63) is 146 Å². The van der Waals surface area contributed by atoms with Crippen LogP contribution in [0, 0.1) is 0 Å². The van der Waals surface area contributed by atoms with Crippen LogP contribution in [0.5, 0.6) is 0 Å². The molecule has 5 aromatic rings. The minimum absolute atomic E-state index is 0.103. The number of hydrogen-bond donors (Lipinski definition) is 0. The predicted molar refractivity (Wildman–Crippen MR) is 163 cm³/mol. The predicted octanol–water partition coefficient (Wildman–Crippen LogP) is 5.40. The van der Waals surface area contributed by atoms with Crippen LogP contribution >= 0.6 is 23.2 Å². The van der Waals surface area contributed by atoms with Crippen molar-refractivity contribution >= 4 is 52.6 Å². The second-order valence-electron chi connectivity index (χ2n) is 10.3. The van der Waals surface area contributed by atoms with E-state index >= 15 is 0 Å². The van der Waals surface area contributed by atoms with Crippen LogP contribution in [0.1, 0.15) is 69.0 Å². The van der Waals surface area contributed by atoms with Gasteiger partial charge in [-0.25, -0.2) is 0 Å². The summed E-state index contributed by atoms with van der Waals surface area (Å²) in [7, 11) is 0. The summed E-state index contributed by atoms with van der Waals surface area (Å²) in [6.07, 6.45) is 0. The lowest BCUT2D eigenvalue weighted by atomic mass is 10.0. The second-order valence-corrected chi connectivity index (χ2v) is 11.2. The van der Waals surface area contributed by atoms with Crippen LogP contribution in [0.3, 0.4) is 0 Å². The van der Waals surface area contributed by atoms with E-state index in [2.05, 4.69) is 10.2 Å². The number of aromatic nitrogens is 3. The van der Waals surface area contributed by atoms with Crippen molar-refractivity contribution in [2.45, 2.75) is 13.1 Å². The molecule has 0 saturated carbocycles. The Labute approximate surface area is 265 Å². The van der Waals surface area contributed by atoms with Gasteiger partial charge in [0.25, 0.3) is 23.6 Å². The van der Waals surface area contributed by atoms with Crippen LogP contribution in [0.2, 0.25) is 10.0 Å². The quantitative estimate of drug-likeness (QED) is 0.173. The fourth-order valence-electron chi connectivity index (χ4n) is 5.56. The van der Waals surface area contributed by atoms with E-state index in [1.54, 1.807) is 84.9 Å². The molecule has 2 aliphatic heterocycles. The number of benzene rings is 4. The molecule has 2 aliphatic rings. The molecule has 0 radical (unpaired) electrons. The van der Waals surface area contributed by atoms with Gasteiger partial charge >= 0.3 is 0 Å². The van der Waals surface area contributed by atoms with Gasteiger partial charge in [0.1, 0.15) is 0 Å². The van der Waals surface area contributed by atoms with Gasteiger partial charge in [-0.3, -0.25) is 38.3 Å². The average Bonchev–Trinajstić information content (AvgIpc) is 3.64. The molecule has 0 atom stereocenters. The second kappa shape index (κ2) is 10.9. The summed E-state index contributed by atoms with van der Waals surface area (Å²) in [6.45, 7) is -0.631. The minimum atomic E-state index is -0.518. The fraction of sp³-hybridized carbons (Fsp3) is 0.0606. The molecule has 0 N–H and O–H groups in total.